The predicted molar refractivity (Wildman–Crippen MR) is 154 cm³/mol. The maximum Gasteiger partial charge on any atom is 0.336 e. The Morgan fingerprint density at radius 3 is 2.02 bits per heavy atom. The third-order valence-electron chi connectivity index (χ3n) is 6.98. The standard InChI is InChI=1S/C24H35N3O2.C6H8O7/c1-23(2)12-21(13-24(3,4)26-23)27(16-19-7-6-10-25-14-19)15-18-8-9-22(29-5)20(11-18)17-28;7-3(8)1-6(13,5(11)12)2-4(9)10/h6-11,14,21,26,28H,12-13,15-17H2,1-5H3;13H,1-2H2,(H,7,8)(H,9,10)(H,11,12). The molecule has 1 fully saturated rings. The van der Waals surface area contributed by atoms with Crippen LogP contribution in [0.4, 0.5) is 0 Å². The summed E-state index contributed by atoms with van der Waals surface area (Å²) in [4.78, 5) is 37.4. The first-order chi connectivity index (χ1) is 19.5. The van der Waals surface area contributed by atoms with Crippen molar-refractivity contribution in [3.8, 4) is 5.75 Å². The molecule has 0 atom stereocenters. The molecule has 0 aliphatic carbocycles. The zero-order valence-corrected chi connectivity index (χ0v) is 24.8. The van der Waals surface area contributed by atoms with Gasteiger partial charge in [0, 0.05) is 48.2 Å². The Labute approximate surface area is 246 Å². The van der Waals surface area contributed by atoms with Gasteiger partial charge in [0.2, 0.25) is 0 Å². The highest BCUT2D eigenvalue weighted by Crippen LogP contribution is 2.33. The van der Waals surface area contributed by atoms with Gasteiger partial charge in [0.1, 0.15) is 5.75 Å². The minimum absolute atomic E-state index is 0.0208. The van der Waals surface area contributed by atoms with Gasteiger partial charge < -0.3 is 35.6 Å². The normalized spacial score (nSPS) is 16.3. The number of nitrogens with one attached hydrogen (secondary N) is 1. The molecule has 0 radical (unpaired) electrons. The predicted octanol–water partition coefficient (Wildman–Crippen LogP) is 2.65. The molecule has 1 aliphatic heterocycles. The number of rotatable bonds is 12. The molecule has 6 N–H and O–H groups in total. The van der Waals surface area contributed by atoms with Gasteiger partial charge in [-0.2, -0.15) is 0 Å². The highest BCUT2D eigenvalue weighted by atomic mass is 16.5. The molecule has 2 aromatic rings. The molecule has 0 bridgehead atoms. The van der Waals surface area contributed by atoms with E-state index < -0.39 is 36.4 Å². The molecule has 0 saturated carbocycles. The number of methoxy groups -OCH3 is 1. The van der Waals surface area contributed by atoms with E-state index in [2.05, 4.69) is 61.1 Å². The number of piperidine rings is 1. The van der Waals surface area contributed by atoms with Crippen molar-refractivity contribution in [2.45, 2.75) is 95.8 Å². The number of aliphatic hydroxyl groups is 2. The molecular formula is C30H43N3O9. The Bertz CT molecular complexity index is 1190. The molecule has 3 rings (SSSR count). The molecule has 12 heteroatoms. The first-order valence-corrected chi connectivity index (χ1v) is 13.6. The third kappa shape index (κ3) is 10.7. The number of hydrogen-bond donors (Lipinski definition) is 6. The number of pyridine rings is 1. The van der Waals surface area contributed by atoms with Gasteiger partial charge in [-0.15, -0.1) is 0 Å². The fraction of sp³-hybridized carbons (Fsp3) is 0.533. The summed E-state index contributed by atoms with van der Waals surface area (Å²) in [6.07, 6.45) is 3.65. The summed E-state index contributed by atoms with van der Waals surface area (Å²) < 4.78 is 5.37. The number of benzene rings is 1. The van der Waals surface area contributed by atoms with Crippen LogP contribution in [-0.4, -0.2) is 83.2 Å². The number of nitrogens with zero attached hydrogens (tertiary/aromatic N) is 2. The maximum atomic E-state index is 10.3. The second-order valence-electron chi connectivity index (χ2n) is 12.0. The minimum atomic E-state index is -2.74. The molecule has 0 amide bonds. The van der Waals surface area contributed by atoms with Crippen molar-refractivity contribution < 1.29 is 44.7 Å². The van der Waals surface area contributed by atoms with Crippen LogP contribution in [0.2, 0.25) is 0 Å². The SMILES string of the molecule is COc1ccc(CN(Cc2cccnc2)C2CC(C)(C)NC(C)(C)C2)cc1CO.O=C(O)CC(O)(CC(=O)O)C(=O)O. The molecule has 1 aromatic heterocycles. The Morgan fingerprint density at radius 1 is 1.00 bits per heavy atom. The van der Waals surface area contributed by atoms with Gasteiger partial charge in [-0.3, -0.25) is 19.5 Å². The number of aromatic nitrogens is 1. The van der Waals surface area contributed by atoms with Gasteiger partial charge in [0.25, 0.3) is 0 Å². The fourth-order valence-electron chi connectivity index (χ4n) is 5.57. The number of carboxylic acid groups (broad SMARTS) is 3. The van der Waals surface area contributed by atoms with E-state index in [1.165, 1.54) is 11.1 Å². The van der Waals surface area contributed by atoms with Gasteiger partial charge in [-0.25, -0.2) is 4.79 Å². The van der Waals surface area contributed by atoms with Crippen molar-refractivity contribution in [3.05, 3.63) is 59.4 Å². The van der Waals surface area contributed by atoms with E-state index in [1.807, 2.05) is 24.5 Å². The van der Waals surface area contributed by atoms with Crippen LogP contribution in [0.15, 0.2) is 42.7 Å². The average Bonchev–Trinajstić information content (AvgIpc) is 2.86. The van der Waals surface area contributed by atoms with Crippen LogP contribution in [0.3, 0.4) is 0 Å². The monoisotopic (exact) mass is 589 g/mol. The lowest BCUT2D eigenvalue weighted by molar-refractivity contribution is -0.170. The number of carboxylic acids is 3. The Kier molecular flexibility index (Phi) is 12.0. The van der Waals surface area contributed by atoms with E-state index in [9.17, 15) is 19.5 Å². The van der Waals surface area contributed by atoms with Crippen molar-refractivity contribution in [1.29, 1.82) is 0 Å². The van der Waals surface area contributed by atoms with Crippen LogP contribution < -0.4 is 10.1 Å². The smallest absolute Gasteiger partial charge is 0.336 e. The fourth-order valence-corrected chi connectivity index (χ4v) is 5.57. The van der Waals surface area contributed by atoms with Gasteiger partial charge in [0.15, 0.2) is 5.60 Å². The van der Waals surface area contributed by atoms with Gasteiger partial charge in [-0.05, 0) is 69.9 Å². The average molecular weight is 590 g/mol. The zero-order chi connectivity index (χ0) is 31.7. The number of carbonyl (C=O) groups is 3. The summed E-state index contributed by atoms with van der Waals surface area (Å²) >= 11 is 0. The van der Waals surface area contributed by atoms with Crippen LogP contribution in [0.1, 0.15) is 70.1 Å². The summed E-state index contributed by atoms with van der Waals surface area (Å²) in [5.74, 6) is -4.28. The first-order valence-electron chi connectivity index (χ1n) is 13.6. The second kappa shape index (κ2) is 14.5. The molecule has 1 saturated heterocycles. The largest absolute Gasteiger partial charge is 0.496 e. The van der Waals surface area contributed by atoms with Crippen LogP contribution in [0.25, 0.3) is 0 Å². The van der Waals surface area contributed by atoms with Crippen molar-refractivity contribution in [1.82, 2.24) is 15.2 Å². The molecule has 0 spiro atoms. The molecule has 0 unspecified atom stereocenters. The third-order valence-corrected chi connectivity index (χ3v) is 6.98. The first kappa shape index (κ1) is 34.6. The lowest BCUT2D eigenvalue weighted by atomic mass is 9.78. The van der Waals surface area contributed by atoms with Crippen molar-refractivity contribution in [3.63, 3.8) is 0 Å². The Morgan fingerprint density at radius 2 is 1.57 bits per heavy atom. The Hall–Kier alpha value is -3.58. The molecule has 12 nitrogen and oxygen atoms in total. The summed E-state index contributed by atoms with van der Waals surface area (Å²) in [7, 11) is 1.64. The molecule has 232 valence electrons. The van der Waals surface area contributed by atoms with E-state index in [-0.39, 0.29) is 17.7 Å². The summed E-state index contributed by atoms with van der Waals surface area (Å²) in [6, 6.07) is 10.7. The van der Waals surface area contributed by atoms with Crippen LogP contribution in [0, 0.1) is 0 Å². The number of aliphatic carboxylic acids is 3. The van der Waals surface area contributed by atoms with Crippen molar-refractivity contribution in [2.24, 2.45) is 0 Å². The summed E-state index contributed by atoms with van der Waals surface area (Å²) in [5, 5.41) is 47.3. The van der Waals surface area contributed by atoms with E-state index >= 15 is 0 Å². The Balaban J connectivity index is 0.000000401. The molecule has 1 aliphatic rings. The molecule has 42 heavy (non-hydrogen) atoms. The lowest BCUT2D eigenvalue weighted by Crippen LogP contribution is -2.62. The second-order valence-corrected chi connectivity index (χ2v) is 12.0. The van der Waals surface area contributed by atoms with Crippen LogP contribution in [0.5, 0.6) is 5.75 Å². The molecular weight excluding hydrogens is 546 g/mol. The van der Waals surface area contributed by atoms with Crippen LogP contribution >= 0.6 is 0 Å². The number of aliphatic hydroxyl groups excluding tert-OH is 1. The lowest BCUT2D eigenvalue weighted by Gasteiger charge is -2.49. The molecule has 1 aromatic carbocycles. The maximum absolute atomic E-state index is 10.3. The van der Waals surface area contributed by atoms with E-state index in [1.54, 1.807) is 7.11 Å². The van der Waals surface area contributed by atoms with E-state index in [0.29, 0.717) is 6.04 Å². The number of hydrogen-bond acceptors (Lipinski definition) is 9. The summed E-state index contributed by atoms with van der Waals surface area (Å²) in [5.41, 5.74) is 0.658. The quantitative estimate of drug-likeness (QED) is 0.213. The van der Waals surface area contributed by atoms with E-state index in [4.69, 9.17) is 25.2 Å². The highest BCUT2D eigenvalue weighted by molar-refractivity contribution is 5.88. The number of ether oxygens (including phenoxy) is 1. The topological polar surface area (TPSA) is 190 Å². The minimum Gasteiger partial charge on any atom is -0.496 e. The molecule has 2 heterocycles. The van der Waals surface area contributed by atoms with Gasteiger partial charge in [0.05, 0.1) is 26.6 Å². The van der Waals surface area contributed by atoms with Crippen molar-refractivity contribution >= 4 is 17.9 Å². The zero-order valence-electron chi connectivity index (χ0n) is 24.8. The van der Waals surface area contributed by atoms with Crippen LogP contribution in [-0.2, 0) is 34.1 Å². The summed E-state index contributed by atoms with van der Waals surface area (Å²) in [6.45, 7) is 10.8. The van der Waals surface area contributed by atoms with E-state index in [0.717, 1.165) is 37.2 Å². The van der Waals surface area contributed by atoms with Crippen molar-refractivity contribution in [2.75, 3.05) is 7.11 Å². The van der Waals surface area contributed by atoms with Gasteiger partial charge in [-0.1, -0.05) is 12.1 Å². The highest BCUT2D eigenvalue weighted by Gasteiger charge is 2.41. The van der Waals surface area contributed by atoms with Gasteiger partial charge >= 0.3 is 17.9 Å².